The summed E-state index contributed by atoms with van der Waals surface area (Å²) in [5, 5.41) is 0. The number of carbonyl (C=O) groups excluding carboxylic acids is 3. The van der Waals surface area contributed by atoms with Gasteiger partial charge < -0.3 is 14.7 Å². The highest BCUT2D eigenvalue weighted by atomic mass is 16.2. The quantitative estimate of drug-likeness (QED) is 0.757. The van der Waals surface area contributed by atoms with Crippen LogP contribution in [0.1, 0.15) is 43.5 Å². The second kappa shape index (κ2) is 7.72. The molecule has 3 amide bonds. The molecule has 4 heterocycles. The predicted molar refractivity (Wildman–Crippen MR) is 105 cm³/mol. The van der Waals surface area contributed by atoms with Crippen molar-refractivity contribution in [3.8, 4) is 0 Å². The maximum absolute atomic E-state index is 12.8. The highest BCUT2D eigenvalue weighted by molar-refractivity contribution is 5.89. The van der Waals surface area contributed by atoms with Crippen LogP contribution in [0.15, 0.2) is 12.4 Å². The molecule has 1 aromatic heterocycles. The highest BCUT2D eigenvalue weighted by Crippen LogP contribution is 2.41. The Labute approximate surface area is 171 Å². The molecule has 1 spiro atoms. The topological polar surface area (TPSA) is 86.7 Å². The number of amides is 3. The molecule has 3 fully saturated rings. The minimum atomic E-state index is -0.203. The molecule has 0 N–H and O–H groups in total. The van der Waals surface area contributed by atoms with E-state index in [0.717, 1.165) is 30.7 Å². The van der Waals surface area contributed by atoms with E-state index in [1.807, 2.05) is 16.7 Å². The van der Waals surface area contributed by atoms with Crippen molar-refractivity contribution in [3.63, 3.8) is 0 Å². The molecule has 8 nitrogen and oxygen atoms in total. The minimum Gasteiger partial charge on any atom is -0.345 e. The number of aromatic nitrogens is 2. The summed E-state index contributed by atoms with van der Waals surface area (Å²) < 4.78 is 0. The molecular weight excluding hydrogens is 370 g/mol. The summed E-state index contributed by atoms with van der Waals surface area (Å²) in [7, 11) is 1.76. The fourth-order valence-electron chi connectivity index (χ4n) is 4.84. The Hall–Kier alpha value is -2.51. The number of aryl methyl sites for hydroxylation is 1. The third-order valence-electron chi connectivity index (χ3n) is 6.76. The molecule has 0 bridgehead atoms. The number of piperidine rings is 2. The summed E-state index contributed by atoms with van der Waals surface area (Å²) in [6, 6.07) is 0. The molecule has 29 heavy (non-hydrogen) atoms. The van der Waals surface area contributed by atoms with E-state index in [4.69, 9.17) is 0 Å². The van der Waals surface area contributed by atoms with Gasteiger partial charge in [0.1, 0.15) is 0 Å². The van der Waals surface area contributed by atoms with Crippen molar-refractivity contribution in [2.24, 2.45) is 11.3 Å². The highest BCUT2D eigenvalue weighted by Gasteiger charge is 2.43. The Morgan fingerprint density at radius 3 is 2.52 bits per heavy atom. The first-order valence-corrected chi connectivity index (χ1v) is 10.4. The van der Waals surface area contributed by atoms with Gasteiger partial charge in [0.2, 0.25) is 17.7 Å². The largest absolute Gasteiger partial charge is 0.345 e. The van der Waals surface area contributed by atoms with E-state index in [2.05, 4.69) is 9.97 Å². The van der Waals surface area contributed by atoms with Gasteiger partial charge in [0, 0.05) is 52.3 Å². The van der Waals surface area contributed by atoms with Gasteiger partial charge in [-0.1, -0.05) is 0 Å². The molecular formula is C21H29N5O3. The minimum absolute atomic E-state index is 0.0532. The van der Waals surface area contributed by atoms with Gasteiger partial charge in [-0.05, 0) is 31.6 Å². The first kappa shape index (κ1) is 19.8. The molecule has 0 aromatic carbocycles. The number of hydrogen-bond donors (Lipinski definition) is 0. The first-order valence-electron chi connectivity index (χ1n) is 10.4. The van der Waals surface area contributed by atoms with Gasteiger partial charge in [-0.2, -0.15) is 0 Å². The molecule has 3 aliphatic rings. The average molecular weight is 399 g/mol. The fourth-order valence-corrected chi connectivity index (χ4v) is 4.84. The summed E-state index contributed by atoms with van der Waals surface area (Å²) in [5.41, 5.74) is 1.75. The maximum Gasteiger partial charge on any atom is 0.227 e. The molecule has 0 unspecified atom stereocenters. The summed E-state index contributed by atoms with van der Waals surface area (Å²) >= 11 is 0. The second-order valence-electron chi connectivity index (χ2n) is 8.90. The molecule has 0 saturated carbocycles. The summed E-state index contributed by atoms with van der Waals surface area (Å²) in [5.74, 6) is 0.129. The SMILES string of the molecule is Cc1cnc(CN2CC3(CCC2=O)CCN(C(=O)[C@@H]2CC(=O)N(C)C2)CC3)cn1. The van der Waals surface area contributed by atoms with Crippen LogP contribution in [0.4, 0.5) is 0 Å². The van der Waals surface area contributed by atoms with Crippen LogP contribution in [0.5, 0.6) is 0 Å². The molecule has 8 heteroatoms. The van der Waals surface area contributed by atoms with Crippen molar-refractivity contribution in [1.82, 2.24) is 24.7 Å². The first-order chi connectivity index (χ1) is 13.8. The molecule has 0 radical (unpaired) electrons. The Kier molecular flexibility index (Phi) is 5.27. The normalized spacial score (nSPS) is 24.5. The zero-order valence-electron chi connectivity index (χ0n) is 17.3. The van der Waals surface area contributed by atoms with Crippen LogP contribution >= 0.6 is 0 Å². The van der Waals surface area contributed by atoms with Gasteiger partial charge in [-0.15, -0.1) is 0 Å². The van der Waals surface area contributed by atoms with Crippen molar-refractivity contribution >= 4 is 17.7 Å². The van der Waals surface area contributed by atoms with Crippen LogP contribution in [0, 0.1) is 18.3 Å². The maximum atomic E-state index is 12.8. The lowest BCUT2D eigenvalue weighted by atomic mass is 9.72. The Morgan fingerprint density at radius 2 is 1.90 bits per heavy atom. The van der Waals surface area contributed by atoms with Crippen LogP contribution in [0.3, 0.4) is 0 Å². The third kappa shape index (κ3) is 4.11. The Morgan fingerprint density at radius 1 is 1.14 bits per heavy atom. The lowest BCUT2D eigenvalue weighted by Crippen LogP contribution is -2.53. The monoisotopic (exact) mass is 399 g/mol. The number of rotatable bonds is 3. The van der Waals surface area contributed by atoms with Crippen molar-refractivity contribution < 1.29 is 14.4 Å². The zero-order valence-corrected chi connectivity index (χ0v) is 17.3. The van der Waals surface area contributed by atoms with Crippen molar-refractivity contribution in [1.29, 1.82) is 0 Å². The van der Waals surface area contributed by atoms with E-state index in [1.54, 1.807) is 24.3 Å². The molecule has 1 aromatic rings. The van der Waals surface area contributed by atoms with Crippen LogP contribution in [-0.4, -0.2) is 75.6 Å². The lowest BCUT2D eigenvalue weighted by Gasteiger charge is -2.47. The third-order valence-corrected chi connectivity index (χ3v) is 6.76. The lowest BCUT2D eigenvalue weighted by molar-refractivity contribution is -0.144. The van der Waals surface area contributed by atoms with Crippen LogP contribution < -0.4 is 0 Å². The van der Waals surface area contributed by atoms with Gasteiger partial charge in [0.25, 0.3) is 0 Å². The van der Waals surface area contributed by atoms with Crippen molar-refractivity contribution in [2.75, 3.05) is 33.2 Å². The van der Waals surface area contributed by atoms with Gasteiger partial charge in [-0.25, -0.2) is 0 Å². The van der Waals surface area contributed by atoms with Gasteiger partial charge in [-0.3, -0.25) is 24.4 Å². The number of carbonyl (C=O) groups is 3. The number of nitrogens with zero attached hydrogens (tertiary/aromatic N) is 5. The van der Waals surface area contributed by atoms with E-state index < -0.39 is 0 Å². The van der Waals surface area contributed by atoms with E-state index in [0.29, 0.717) is 45.6 Å². The number of likely N-dealkylation sites (tertiary alicyclic amines) is 3. The molecule has 3 saturated heterocycles. The van der Waals surface area contributed by atoms with Crippen molar-refractivity contribution in [2.45, 2.75) is 45.6 Å². The van der Waals surface area contributed by atoms with Crippen LogP contribution in [0.2, 0.25) is 0 Å². The summed E-state index contributed by atoms with van der Waals surface area (Å²) in [6.45, 7) is 5.05. The van der Waals surface area contributed by atoms with Crippen LogP contribution in [0.25, 0.3) is 0 Å². The smallest absolute Gasteiger partial charge is 0.227 e. The standard InChI is InChI=1S/C21H29N5O3/c1-15-10-23-17(11-22-15)13-26-14-21(4-3-18(26)27)5-7-25(8-6-21)20(29)16-9-19(28)24(2)12-16/h10-11,16H,3-9,12-14H2,1-2H3/t16-/m1/s1. The second-order valence-corrected chi connectivity index (χ2v) is 8.90. The molecule has 156 valence electrons. The van der Waals surface area contributed by atoms with Gasteiger partial charge in [0.15, 0.2) is 0 Å². The fraction of sp³-hybridized carbons (Fsp3) is 0.667. The van der Waals surface area contributed by atoms with Crippen molar-refractivity contribution in [3.05, 3.63) is 23.8 Å². The molecule has 3 aliphatic heterocycles. The van der Waals surface area contributed by atoms with Gasteiger partial charge >= 0.3 is 0 Å². The zero-order chi connectivity index (χ0) is 20.6. The van der Waals surface area contributed by atoms with Gasteiger partial charge in [0.05, 0.1) is 30.0 Å². The number of hydrogen-bond acceptors (Lipinski definition) is 5. The summed E-state index contributed by atoms with van der Waals surface area (Å²) in [4.78, 5) is 51.2. The van der Waals surface area contributed by atoms with E-state index in [1.165, 1.54) is 0 Å². The summed E-state index contributed by atoms with van der Waals surface area (Å²) in [6.07, 6.45) is 7.04. The molecule has 1 atom stereocenters. The Bertz CT molecular complexity index is 801. The molecule has 0 aliphatic carbocycles. The van der Waals surface area contributed by atoms with Crippen LogP contribution in [-0.2, 0) is 20.9 Å². The van der Waals surface area contributed by atoms with E-state index in [-0.39, 0.29) is 29.1 Å². The predicted octanol–water partition coefficient (Wildman–Crippen LogP) is 0.995. The molecule has 4 rings (SSSR count). The Balaban J connectivity index is 1.36. The van der Waals surface area contributed by atoms with E-state index in [9.17, 15) is 14.4 Å². The average Bonchev–Trinajstić information content (AvgIpc) is 3.05. The van der Waals surface area contributed by atoms with E-state index >= 15 is 0 Å².